The van der Waals surface area contributed by atoms with E-state index in [1.54, 1.807) is 0 Å². The van der Waals surface area contributed by atoms with E-state index in [2.05, 4.69) is 58.4 Å². The van der Waals surface area contributed by atoms with Crippen molar-refractivity contribution in [3.63, 3.8) is 0 Å². The number of hydrogen-bond acceptors (Lipinski definition) is 3. The second-order valence-electron chi connectivity index (χ2n) is 7.81. The number of nitrogens with zero attached hydrogens (tertiary/aromatic N) is 3. The van der Waals surface area contributed by atoms with Gasteiger partial charge in [0.1, 0.15) is 0 Å². The molecule has 2 aromatic heterocycles. The van der Waals surface area contributed by atoms with Crippen LogP contribution in [0.4, 0.5) is 0 Å². The number of halogens is 1. The van der Waals surface area contributed by atoms with Crippen molar-refractivity contribution in [2.24, 2.45) is 0 Å². The van der Waals surface area contributed by atoms with Crippen LogP contribution in [0.25, 0.3) is 22.2 Å². The molecule has 0 spiro atoms. The van der Waals surface area contributed by atoms with Gasteiger partial charge >= 0.3 is 0 Å². The van der Waals surface area contributed by atoms with Crippen molar-refractivity contribution >= 4 is 32.7 Å². The SMILES string of the molecule is CCn1cc(CNC(=O)c2cc(-c3cc(C)ccc3C)nc3ccc(Br)cc23)c(C)n1. The zero-order valence-electron chi connectivity index (χ0n) is 18.2. The van der Waals surface area contributed by atoms with Crippen molar-refractivity contribution < 1.29 is 4.79 Å². The van der Waals surface area contributed by atoms with Crippen molar-refractivity contribution in [3.05, 3.63) is 81.1 Å². The van der Waals surface area contributed by atoms with Crippen LogP contribution in [0.15, 0.2) is 53.1 Å². The van der Waals surface area contributed by atoms with Crippen LogP contribution >= 0.6 is 15.9 Å². The normalized spacial score (nSPS) is 11.1. The summed E-state index contributed by atoms with van der Waals surface area (Å²) >= 11 is 3.53. The zero-order chi connectivity index (χ0) is 22.1. The largest absolute Gasteiger partial charge is 0.348 e. The van der Waals surface area contributed by atoms with Crippen molar-refractivity contribution in [3.8, 4) is 11.3 Å². The van der Waals surface area contributed by atoms with Gasteiger partial charge in [-0.05, 0) is 63.6 Å². The summed E-state index contributed by atoms with van der Waals surface area (Å²) in [6.45, 7) is 9.37. The Morgan fingerprint density at radius 1 is 1.10 bits per heavy atom. The molecule has 0 aliphatic heterocycles. The van der Waals surface area contributed by atoms with Crippen molar-refractivity contribution in [2.45, 2.75) is 40.8 Å². The van der Waals surface area contributed by atoms with E-state index in [0.717, 1.165) is 55.6 Å². The second-order valence-corrected chi connectivity index (χ2v) is 8.73. The first-order valence-electron chi connectivity index (χ1n) is 10.3. The first kappa shape index (κ1) is 21.2. The van der Waals surface area contributed by atoms with Gasteiger partial charge in [-0.3, -0.25) is 9.48 Å². The summed E-state index contributed by atoms with van der Waals surface area (Å²) in [5.41, 5.74) is 7.49. The molecule has 0 bridgehead atoms. The molecule has 4 rings (SSSR count). The van der Waals surface area contributed by atoms with Crippen molar-refractivity contribution in [1.82, 2.24) is 20.1 Å². The van der Waals surface area contributed by atoms with Gasteiger partial charge in [0, 0.05) is 40.3 Å². The Morgan fingerprint density at radius 3 is 2.65 bits per heavy atom. The van der Waals surface area contributed by atoms with E-state index in [9.17, 15) is 4.79 Å². The topological polar surface area (TPSA) is 59.8 Å². The minimum atomic E-state index is -0.124. The smallest absolute Gasteiger partial charge is 0.252 e. The summed E-state index contributed by atoms with van der Waals surface area (Å²) in [4.78, 5) is 18.1. The molecule has 0 saturated carbocycles. The average Bonchev–Trinajstić information content (AvgIpc) is 3.12. The van der Waals surface area contributed by atoms with Crippen LogP contribution in [0.3, 0.4) is 0 Å². The molecule has 0 fully saturated rings. The molecule has 158 valence electrons. The van der Waals surface area contributed by atoms with Crippen LogP contribution in [0.2, 0.25) is 0 Å². The lowest BCUT2D eigenvalue weighted by Crippen LogP contribution is -2.23. The molecule has 0 unspecified atom stereocenters. The molecular formula is C25H25BrN4O. The summed E-state index contributed by atoms with van der Waals surface area (Å²) in [7, 11) is 0. The Kier molecular flexibility index (Phi) is 5.92. The Balaban J connectivity index is 1.75. The minimum absolute atomic E-state index is 0.124. The van der Waals surface area contributed by atoms with E-state index in [1.807, 2.05) is 49.0 Å². The summed E-state index contributed by atoms with van der Waals surface area (Å²) in [6.07, 6.45) is 1.98. The van der Waals surface area contributed by atoms with Crippen LogP contribution in [-0.2, 0) is 13.1 Å². The highest BCUT2D eigenvalue weighted by molar-refractivity contribution is 9.10. The molecule has 4 aromatic rings. The van der Waals surface area contributed by atoms with Crippen LogP contribution < -0.4 is 5.32 Å². The monoisotopic (exact) mass is 476 g/mol. The van der Waals surface area contributed by atoms with Crippen molar-refractivity contribution in [1.29, 1.82) is 0 Å². The fourth-order valence-electron chi connectivity index (χ4n) is 3.70. The van der Waals surface area contributed by atoms with E-state index in [1.165, 1.54) is 0 Å². The van der Waals surface area contributed by atoms with Gasteiger partial charge in [-0.25, -0.2) is 4.98 Å². The highest BCUT2D eigenvalue weighted by atomic mass is 79.9. The van der Waals surface area contributed by atoms with E-state index in [0.29, 0.717) is 12.1 Å². The molecule has 2 aromatic carbocycles. The number of pyridine rings is 1. The van der Waals surface area contributed by atoms with Gasteiger partial charge in [0.05, 0.1) is 22.5 Å². The predicted molar refractivity (Wildman–Crippen MR) is 128 cm³/mol. The molecular weight excluding hydrogens is 452 g/mol. The molecule has 1 N–H and O–H groups in total. The molecule has 0 aliphatic carbocycles. The molecule has 31 heavy (non-hydrogen) atoms. The highest BCUT2D eigenvalue weighted by Gasteiger charge is 2.16. The van der Waals surface area contributed by atoms with Crippen molar-refractivity contribution in [2.75, 3.05) is 0 Å². The zero-order valence-corrected chi connectivity index (χ0v) is 19.7. The summed E-state index contributed by atoms with van der Waals surface area (Å²) in [5.74, 6) is -0.124. The minimum Gasteiger partial charge on any atom is -0.348 e. The fourth-order valence-corrected chi connectivity index (χ4v) is 4.06. The number of carbonyl (C=O) groups is 1. The molecule has 0 radical (unpaired) electrons. The predicted octanol–water partition coefficient (Wildman–Crippen LogP) is 5.74. The standard InChI is InChI=1S/C25H25BrN4O/c1-5-30-14-18(17(4)29-30)13-27-25(31)22-12-24(20-10-15(2)6-7-16(20)3)28-23-9-8-19(26)11-21(22)23/h6-12,14H,5,13H2,1-4H3,(H,27,31). The van der Waals surface area contributed by atoms with E-state index in [4.69, 9.17) is 4.98 Å². The van der Waals surface area contributed by atoms with Gasteiger partial charge in [0.15, 0.2) is 0 Å². The Hall–Kier alpha value is -2.99. The van der Waals surface area contributed by atoms with Gasteiger partial charge in [-0.2, -0.15) is 5.10 Å². The van der Waals surface area contributed by atoms with Crippen LogP contribution in [0, 0.1) is 20.8 Å². The quantitative estimate of drug-likeness (QED) is 0.399. The van der Waals surface area contributed by atoms with Gasteiger partial charge in [0.25, 0.3) is 5.91 Å². The highest BCUT2D eigenvalue weighted by Crippen LogP contribution is 2.29. The van der Waals surface area contributed by atoms with E-state index < -0.39 is 0 Å². The third-order valence-corrected chi connectivity index (χ3v) is 5.99. The van der Waals surface area contributed by atoms with Gasteiger partial charge in [-0.15, -0.1) is 0 Å². The molecule has 1 amide bonds. The van der Waals surface area contributed by atoms with Crippen LogP contribution in [-0.4, -0.2) is 20.7 Å². The number of benzene rings is 2. The number of amides is 1. The van der Waals surface area contributed by atoms with Gasteiger partial charge in [-0.1, -0.05) is 33.6 Å². The fraction of sp³-hybridized carbons (Fsp3) is 0.240. The summed E-state index contributed by atoms with van der Waals surface area (Å²) in [6, 6.07) is 14.0. The lowest BCUT2D eigenvalue weighted by atomic mass is 9.99. The van der Waals surface area contributed by atoms with E-state index in [-0.39, 0.29) is 5.91 Å². The number of fused-ring (bicyclic) bond motifs is 1. The maximum atomic E-state index is 13.3. The summed E-state index contributed by atoms with van der Waals surface area (Å²) < 4.78 is 2.80. The Bertz CT molecular complexity index is 1290. The van der Waals surface area contributed by atoms with Gasteiger partial charge < -0.3 is 5.32 Å². The summed E-state index contributed by atoms with van der Waals surface area (Å²) in [5, 5.41) is 8.36. The average molecular weight is 477 g/mol. The lowest BCUT2D eigenvalue weighted by Gasteiger charge is -2.13. The molecule has 2 heterocycles. The van der Waals surface area contributed by atoms with E-state index >= 15 is 0 Å². The lowest BCUT2D eigenvalue weighted by molar-refractivity contribution is 0.0952. The number of aryl methyl sites for hydroxylation is 4. The van der Waals surface area contributed by atoms with Gasteiger partial charge in [0.2, 0.25) is 0 Å². The number of aromatic nitrogens is 3. The molecule has 0 saturated heterocycles. The third-order valence-electron chi connectivity index (χ3n) is 5.50. The molecule has 0 atom stereocenters. The first-order valence-corrected chi connectivity index (χ1v) is 11.1. The number of hydrogen-bond donors (Lipinski definition) is 1. The van der Waals surface area contributed by atoms with Crippen LogP contribution in [0.1, 0.15) is 39.7 Å². The maximum Gasteiger partial charge on any atom is 0.252 e. The van der Waals surface area contributed by atoms with Crippen LogP contribution in [0.5, 0.6) is 0 Å². The number of carbonyl (C=O) groups excluding carboxylic acids is 1. The number of rotatable bonds is 5. The second kappa shape index (κ2) is 8.63. The Labute approximate surface area is 190 Å². The Morgan fingerprint density at radius 2 is 1.90 bits per heavy atom. The maximum absolute atomic E-state index is 13.3. The third kappa shape index (κ3) is 4.39. The first-order chi connectivity index (χ1) is 14.9. The molecule has 6 heteroatoms. The molecule has 5 nitrogen and oxygen atoms in total. The molecule has 0 aliphatic rings. The number of nitrogens with one attached hydrogen (secondary N) is 1.